The molecular weight excluding hydrogens is 397 g/mol. The Labute approximate surface area is 178 Å². The fourth-order valence-corrected chi connectivity index (χ4v) is 5.18. The van der Waals surface area contributed by atoms with Gasteiger partial charge in [0.05, 0.1) is 0 Å². The van der Waals surface area contributed by atoms with E-state index in [0.29, 0.717) is 29.1 Å². The molecule has 0 radical (unpaired) electrons. The largest absolute Gasteiger partial charge is 0.338 e. The van der Waals surface area contributed by atoms with Crippen LogP contribution < -0.4 is 5.32 Å². The van der Waals surface area contributed by atoms with Crippen molar-refractivity contribution < 1.29 is 9.59 Å². The Morgan fingerprint density at radius 3 is 2.57 bits per heavy atom. The number of carbonyl (C=O) groups excluding carboxylic acids is 2. The van der Waals surface area contributed by atoms with Gasteiger partial charge in [-0.25, -0.2) is 0 Å². The lowest BCUT2D eigenvalue weighted by Gasteiger charge is -2.37. The van der Waals surface area contributed by atoms with Gasteiger partial charge in [0.15, 0.2) is 0 Å². The lowest BCUT2D eigenvalue weighted by molar-refractivity contribution is -0.136. The van der Waals surface area contributed by atoms with E-state index in [-0.39, 0.29) is 36.3 Å². The first-order valence-corrected chi connectivity index (χ1v) is 10.5. The summed E-state index contributed by atoms with van der Waals surface area (Å²) in [5.41, 5.74) is 0.622. The van der Waals surface area contributed by atoms with Gasteiger partial charge in [-0.2, -0.15) is 0 Å². The van der Waals surface area contributed by atoms with Crippen LogP contribution in [0, 0.1) is 5.92 Å². The van der Waals surface area contributed by atoms with E-state index >= 15 is 0 Å². The smallest absolute Gasteiger partial charge is 0.254 e. The van der Waals surface area contributed by atoms with Crippen LogP contribution in [0.3, 0.4) is 0 Å². The van der Waals surface area contributed by atoms with Crippen LogP contribution in [0.25, 0.3) is 0 Å². The zero-order valence-electron chi connectivity index (χ0n) is 16.3. The van der Waals surface area contributed by atoms with Gasteiger partial charge in [-0.1, -0.05) is 24.4 Å². The summed E-state index contributed by atoms with van der Waals surface area (Å²) in [6.45, 7) is 4.35. The Morgan fingerprint density at radius 2 is 1.86 bits per heavy atom. The predicted octanol–water partition coefficient (Wildman–Crippen LogP) is 3.36. The third-order valence-corrected chi connectivity index (χ3v) is 6.63. The van der Waals surface area contributed by atoms with Crippen molar-refractivity contribution in [3.63, 3.8) is 0 Å². The number of carbonyl (C=O) groups is 2. The normalized spacial score (nSPS) is 29.8. The Balaban J connectivity index is 0.00000225. The molecule has 2 heterocycles. The number of piperazine rings is 1. The average molecular weight is 426 g/mol. The Kier molecular flexibility index (Phi) is 6.89. The molecule has 1 saturated carbocycles. The van der Waals surface area contributed by atoms with Crippen LogP contribution in [0.5, 0.6) is 0 Å². The van der Waals surface area contributed by atoms with Gasteiger partial charge in [0.1, 0.15) is 6.04 Å². The quantitative estimate of drug-likeness (QED) is 0.789. The van der Waals surface area contributed by atoms with Crippen molar-refractivity contribution >= 4 is 35.8 Å². The third kappa shape index (κ3) is 4.17. The van der Waals surface area contributed by atoms with E-state index in [2.05, 4.69) is 12.2 Å². The second-order valence-corrected chi connectivity index (χ2v) is 8.66. The summed E-state index contributed by atoms with van der Waals surface area (Å²) in [5, 5.41) is 4.00. The number of nitrogens with one attached hydrogen (secondary N) is 1. The Bertz CT molecular complexity index is 712. The van der Waals surface area contributed by atoms with E-state index in [1.165, 1.54) is 6.42 Å². The first kappa shape index (κ1) is 21.4. The molecule has 4 rings (SSSR count). The van der Waals surface area contributed by atoms with Gasteiger partial charge < -0.3 is 15.1 Å². The number of halogens is 2. The van der Waals surface area contributed by atoms with Gasteiger partial charge in [-0.05, 0) is 56.4 Å². The highest BCUT2D eigenvalue weighted by atomic mass is 35.5. The molecule has 2 saturated heterocycles. The highest BCUT2D eigenvalue weighted by Crippen LogP contribution is 2.41. The molecule has 0 spiro atoms. The monoisotopic (exact) mass is 425 g/mol. The van der Waals surface area contributed by atoms with Gasteiger partial charge in [0.25, 0.3) is 5.91 Å². The highest BCUT2D eigenvalue weighted by Gasteiger charge is 2.48. The molecule has 1 N–H and O–H groups in total. The summed E-state index contributed by atoms with van der Waals surface area (Å²) >= 11 is 5.99. The molecule has 5 nitrogen and oxygen atoms in total. The number of nitrogens with zero attached hydrogens (tertiary/aromatic N) is 2. The minimum absolute atomic E-state index is 0. The summed E-state index contributed by atoms with van der Waals surface area (Å²) in [5.74, 6) is 0.548. The Morgan fingerprint density at radius 1 is 1.14 bits per heavy atom. The number of benzene rings is 1. The molecule has 2 aliphatic heterocycles. The molecule has 0 aromatic heterocycles. The van der Waals surface area contributed by atoms with Crippen molar-refractivity contribution in [3.05, 3.63) is 34.9 Å². The van der Waals surface area contributed by atoms with E-state index in [1.807, 2.05) is 9.80 Å². The number of hydrogen-bond acceptors (Lipinski definition) is 3. The summed E-state index contributed by atoms with van der Waals surface area (Å²) in [6.07, 6.45) is 5.27. The number of fused-ring (bicyclic) bond motifs is 1. The first-order chi connectivity index (χ1) is 13.0. The van der Waals surface area contributed by atoms with E-state index < -0.39 is 0 Å². The number of hydrogen-bond donors (Lipinski definition) is 1. The molecule has 1 aromatic rings. The molecule has 4 atom stereocenters. The highest BCUT2D eigenvalue weighted by molar-refractivity contribution is 6.30. The molecule has 154 valence electrons. The summed E-state index contributed by atoms with van der Waals surface area (Å²) in [4.78, 5) is 30.6. The van der Waals surface area contributed by atoms with E-state index in [1.54, 1.807) is 24.3 Å². The van der Waals surface area contributed by atoms with Crippen LogP contribution in [0.15, 0.2) is 24.3 Å². The zero-order chi connectivity index (χ0) is 19.0. The maximum absolute atomic E-state index is 13.4. The second-order valence-electron chi connectivity index (χ2n) is 8.22. The molecular formula is C21H29Cl2N3O2. The van der Waals surface area contributed by atoms with Gasteiger partial charge in [0.2, 0.25) is 5.91 Å². The van der Waals surface area contributed by atoms with Crippen LogP contribution in [-0.2, 0) is 4.79 Å². The topological polar surface area (TPSA) is 52.7 Å². The van der Waals surface area contributed by atoms with Gasteiger partial charge in [-0.3, -0.25) is 9.59 Å². The van der Waals surface area contributed by atoms with Crippen LogP contribution in [0.2, 0.25) is 5.02 Å². The van der Waals surface area contributed by atoms with Crippen LogP contribution in [0.4, 0.5) is 0 Å². The fourth-order valence-electron chi connectivity index (χ4n) is 5.06. The maximum atomic E-state index is 13.4. The van der Waals surface area contributed by atoms with Crippen molar-refractivity contribution in [2.75, 3.05) is 19.6 Å². The molecule has 4 unspecified atom stereocenters. The molecule has 3 fully saturated rings. The summed E-state index contributed by atoms with van der Waals surface area (Å²) in [6, 6.07) is 7.20. The van der Waals surface area contributed by atoms with Gasteiger partial charge in [-0.15, -0.1) is 12.4 Å². The van der Waals surface area contributed by atoms with Crippen molar-refractivity contribution in [2.24, 2.45) is 5.92 Å². The average Bonchev–Trinajstić information content (AvgIpc) is 3.07. The van der Waals surface area contributed by atoms with Crippen molar-refractivity contribution in [1.29, 1.82) is 0 Å². The van der Waals surface area contributed by atoms with Crippen molar-refractivity contribution in [2.45, 2.75) is 57.2 Å². The number of amides is 2. The number of likely N-dealkylation sites (tertiary alicyclic amines) is 1. The molecule has 7 heteroatoms. The Hall–Kier alpha value is -1.30. The zero-order valence-corrected chi connectivity index (χ0v) is 17.8. The molecule has 0 bridgehead atoms. The standard InChI is InChI=1S/C21H28ClN3O2.ClH/c1-14-13-24(11-10-23-14)21(27)19-12-16-4-2-3-5-18(16)25(19)20(26)15-6-8-17(22)9-7-15;/h6-9,14,16,18-19,23H,2-5,10-13H2,1H3;1H. The molecule has 1 aliphatic carbocycles. The summed E-state index contributed by atoms with van der Waals surface area (Å²) in [7, 11) is 0. The molecule has 2 amide bonds. The van der Waals surface area contributed by atoms with Crippen LogP contribution >= 0.6 is 24.0 Å². The van der Waals surface area contributed by atoms with Crippen LogP contribution in [0.1, 0.15) is 49.4 Å². The minimum atomic E-state index is -0.327. The lowest BCUT2D eigenvalue weighted by atomic mass is 9.84. The van der Waals surface area contributed by atoms with E-state index in [9.17, 15) is 9.59 Å². The van der Waals surface area contributed by atoms with Crippen molar-refractivity contribution in [3.8, 4) is 0 Å². The van der Waals surface area contributed by atoms with Crippen molar-refractivity contribution in [1.82, 2.24) is 15.1 Å². The van der Waals surface area contributed by atoms with E-state index in [0.717, 1.165) is 38.8 Å². The fraction of sp³-hybridized carbons (Fsp3) is 0.619. The minimum Gasteiger partial charge on any atom is -0.338 e. The SMILES string of the molecule is CC1CN(C(=O)C2CC3CCCCC3N2C(=O)c2ccc(Cl)cc2)CCN1.Cl. The summed E-state index contributed by atoms with van der Waals surface area (Å²) < 4.78 is 0. The van der Waals surface area contributed by atoms with Gasteiger partial charge in [0, 0.05) is 42.3 Å². The number of rotatable bonds is 2. The maximum Gasteiger partial charge on any atom is 0.254 e. The second kappa shape index (κ2) is 9.02. The van der Waals surface area contributed by atoms with E-state index in [4.69, 9.17) is 11.6 Å². The molecule has 1 aromatic carbocycles. The first-order valence-electron chi connectivity index (χ1n) is 10.1. The lowest BCUT2D eigenvalue weighted by Crippen LogP contribution is -2.57. The molecule has 3 aliphatic rings. The molecule has 28 heavy (non-hydrogen) atoms. The predicted molar refractivity (Wildman–Crippen MR) is 113 cm³/mol. The third-order valence-electron chi connectivity index (χ3n) is 6.38. The van der Waals surface area contributed by atoms with Gasteiger partial charge >= 0.3 is 0 Å². The van der Waals surface area contributed by atoms with Crippen LogP contribution in [-0.4, -0.2) is 59.4 Å².